The summed E-state index contributed by atoms with van der Waals surface area (Å²) in [5.74, 6) is 0.757. The van der Waals surface area contributed by atoms with Gasteiger partial charge in [-0.2, -0.15) is 0 Å². The first kappa shape index (κ1) is 13.1. The second kappa shape index (κ2) is 5.34. The maximum absolute atomic E-state index is 11.9. The van der Waals surface area contributed by atoms with Gasteiger partial charge >= 0.3 is 5.97 Å². The number of hydrogen-bond donors (Lipinski definition) is 0. The van der Waals surface area contributed by atoms with Crippen LogP contribution < -0.4 is 0 Å². The van der Waals surface area contributed by atoms with Gasteiger partial charge in [0.2, 0.25) is 0 Å². The van der Waals surface area contributed by atoms with Crippen LogP contribution in [-0.4, -0.2) is 11.0 Å². The van der Waals surface area contributed by atoms with Crippen molar-refractivity contribution >= 4 is 28.9 Å². The first-order chi connectivity index (χ1) is 10.3. The van der Waals surface area contributed by atoms with Crippen LogP contribution in [0.25, 0.3) is 10.9 Å². The van der Waals surface area contributed by atoms with E-state index in [1.165, 1.54) is 30.4 Å². The molecule has 2 fully saturated rings. The van der Waals surface area contributed by atoms with E-state index in [1.54, 1.807) is 6.20 Å². The number of carbonyl (C=O) groups excluding carboxylic acids is 1. The Morgan fingerprint density at radius 3 is 2.76 bits per heavy atom. The maximum atomic E-state index is 11.9. The summed E-state index contributed by atoms with van der Waals surface area (Å²) in [5, 5.41) is 1.09. The fraction of sp³-hybridized carbons (Fsp3) is 0.412. The van der Waals surface area contributed by atoms with E-state index in [-0.39, 0.29) is 11.9 Å². The molecule has 4 rings (SSSR count). The predicted molar refractivity (Wildman–Crippen MR) is 83.0 cm³/mol. The third kappa shape index (κ3) is 2.64. The Balaban J connectivity index is 1.57. The highest BCUT2D eigenvalue weighted by atomic mass is 32.2. The average molecular weight is 299 g/mol. The molecule has 2 aromatic rings. The molecule has 1 heterocycles. The van der Waals surface area contributed by atoms with Gasteiger partial charge in [-0.3, -0.25) is 9.78 Å². The van der Waals surface area contributed by atoms with Gasteiger partial charge in [-0.05, 0) is 55.4 Å². The second-order valence-electron chi connectivity index (χ2n) is 5.97. The number of nitrogens with zero attached hydrogens (tertiary/aromatic N) is 1. The number of carbonyl (C=O) groups is 1. The van der Waals surface area contributed by atoms with Gasteiger partial charge in [-0.25, -0.2) is 0 Å². The molecule has 0 bridgehead atoms. The number of rotatable bonds is 4. The van der Waals surface area contributed by atoms with E-state index in [0.29, 0.717) is 5.92 Å². The van der Waals surface area contributed by atoms with Crippen LogP contribution in [0.2, 0.25) is 0 Å². The summed E-state index contributed by atoms with van der Waals surface area (Å²) in [7, 11) is 0. The second-order valence-corrected chi connectivity index (χ2v) is 6.75. The highest BCUT2D eigenvalue weighted by molar-refractivity contribution is 7.95. The number of fused-ring (bicyclic) bond motifs is 1. The van der Waals surface area contributed by atoms with Gasteiger partial charge in [0.1, 0.15) is 0 Å². The van der Waals surface area contributed by atoms with Crippen molar-refractivity contribution in [3.8, 4) is 0 Å². The molecule has 0 amide bonds. The Morgan fingerprint density at radius 1 is 1.19 bits per heavy atom. The van der Waals surface area contributed by atoms with E-state index < -0.39 is 0 Å². The number of pyridine rings is 1. The highest BCUT2D eigenvalue weighted by Gasteiger charge is 2.27. The maximum Gasteiger partial charge on any atom is 0.321 e. The van der Waals surface area contributed by atoms with Crippen LogP contribution >= 0.6 is 12.0 Å². The molecule has 2 aliphatic carbocycles. The summed E-state index contributed by atoms with van der Waals surface area (Å²) in [4.78, 5) is 17.2. The van der Waals surface area contributed by atoms with E-state index in [1.807, 2.05) is 6.07 Å². The largest absolute Gasteiger partial charge is 0.386 e. The molecule has 1 aromatic heterocycles. The van der Waals surface area contributed by atoms with Crippen molar-refractivity contribution in [1.29, 1.82) is 0 Å². The average Bonchev–Trinajstić information content (AvgIpc) is 3.27. The van der Waals surface area contributed by atoms with Crippen molar-refractivity contribution in [3.63, 3.8) is 0 Å². The lowest BCUT2D eigenvalue weighted by Crippen LogP contribution is -2.22. The standard InChI is InChI=1S/C17H17NO2S/c19-17(12-2-1-3-12)20-21-16-8-9-18-15-7-6-13(10-14(15)16)11-4-5-11/h6-12H,1-5H2. The molecule has 0 unspecified atom stereocenters. The van der Waals surface area contributed by atoms with Crippen molar-refractivity contribution in [2.75, 3.05) is 0 Å². The fourth-order valence-electron chi connectivity index (χ4n) is 2.68. The molecule has 0 radical (unpaired) electrons. The summed E-state index contributed by atoms with van der Waals surface area (Å²) in [6.45, 7) is 0. The molecule has 0 saturated heterocycles. The summed E-state index contributed by atoms with van der Waals surface area (Å²) in [6.07, 6.45) is 7.44. The van der Waals surface area contributed by atoms with Crippen molar-refractivity contribution in [2.24, 2.45) is 5.92 Å². The molecule has 2 saturated carbocycles. The number of benzene rings is 1. The fourth-order valence-corrected chi connectivity index (χ4v) is 3.36. The lowest BCUT2D eigenvalue weighted by molar-refractivity contribution is -0.140. The van der Waals surface area contributed by atoms with E-state index in [9.17, 15) is 4.79 Å². The van der Waals surface area contributed by atoms with Gasteiger partial charge in [0.25, 0.3) is 0 Å². The lowest BCUT2D eigenvalue weighted by atomic mass is 9.86. The minimum Gasteiger partial charge on any atom is -0.386 e. The van der Waals surface area contributed by atoms with Crippen molar-refractivity contribution in [3.05, 3.63) is 36.0 Å². The number of hydrogen-bond acceptors (Lipinski definition) is 4. The van der Waals surface area contributed by atoms with Crippen LogP contribution in [0, 0.1) is 5.92 Å². The Bertz CT molecular complexity index is 692. The normalized spacial score (nSPS) is 18.5. The Hall–Kier alpha value is -1.55. The summed E-state index contributed by atoms with van der Waals surface area (Å²) in [5.41, 5.74) is 2.34. The predicted octanol–water partition coefficient (Wildman–Crippen LogP) is 4.46. The molecule has 0 N–H and O–H groups in total. The van der Waals surface area contributed by atoms with Gasteiger partial charge in [0, 0.05) is 11.6 Å². The van der Waals surface area contributed by atoms with Crippen LogP contribution in [0.3, 0.4) is 0 Å². The monoisotopic (exact) mass is 299 g/mol. The zero-order valence-corrected chi connectivity index (χ0v) is 12.6. The minimum absolute atomic E-state index is 0.0745. The van der Waals surface area contributed by atoms with Crippen LogP contribution in [0.5, 0.6) is 0 Å². The van der Waals surface area contributed by atoms with Crippen LogP contribution in [0.1, 0.15) is 43.6 Å². The third-order valence-corrected chi connectivity index (χ3v) is 5.21. The van der Waals surface area contributed by atoms with Gasteiger partial charge in [-0.1, -0.05) is 12.5 Å². The third-order valence-electron chi connectivity index (χ3n) is 4.43. The van der Waals surface area contributed by atoms with Crippen molar-refractivity contribution < 1.29 is 8.98 Å². The molecule has 108 valence electrons. The zero-order valence-electron chi connectivity index (χ0n) is 11.7. The molecule has 0 spiro atoms. The quantitative estimate of drug-likeness (QED) is 0.781. The van der Waals surface area contributed by atoms with Crippen LogP contribution in [0.4, 0.5) is 0 Å². The SMILES string of the molecule is O=C(OSc1ccnc2ccc(C3CC3)cc12)C1CCC1. The minimum atomic E-state index is -0.0745. The Kier molecular flexibility index (Phi) is 3.34. The molecule has 3 nitrogen and oxygen atoms in total. The topological polar surface area (TPSA) is 39.2 Å². The molecule has 2 aliphatic rings. The first-order valence-electron chi connectivity index (χ1n) is 7.58. The summed E-state index contributed by atoms with van der Waals surface area (Å²) >= 11 is 1.19. The Labute approximate surface area is 128 Å². The van der Waals surface area contributed by atoms with E-state index in [4.69, 9.17) is 4.18 Å². The van der Waals surface area contributed by atoms with Gasteiger partial charge in [0.05, 0.1) is 28.4 Å². The molecule has 0 aliphatic heterocycles. The van der Waals surface area contributed by atoms with E-state index in [2.05, 4.69) is 23.2 Å². The summed E-state index contributed by atoms with van der Waals surface area (Å²) in [6, 6.07) is 8.37. The first-order valence-corrected chi connectivity index (χ1v) is 8.32. The van der Waals surface area contributed by atoms with Crippen LogP contribution in [0.15, 0.2) is 35.4 Å². The van der Waals surface area contributed by atoms with Gasteiger partial charge in [0.15, 0.2) is 0 Å². The summed E-state index contributed by atoms with van der Waals surface area (Å²) < 4.78 is 5.41. The molecule has 0 atom stereocenters. The molecule has 21 heavy (non-hydrogen) atoms. The zero-order chi connectivity index (χ0) is 14.2. The Morgan fingerprint density at radius 2 is 2.05 bits per heavy atom. The highest BCUT2D eigenvalue weighted by Crippen LogP contribution is 2.42. The van der Waals surface area contributed by atoms with E-state index in [0.717, 1.165) is 35.1 Å². The van der Waals surface area contributed by atoms with Crippen molar-refractivity contribution in [2.45, 2.75) is 42.9 Å². The van der Waals surface area contributed by atoms with Gasteiger partial charge in [-0.15, -0.1) is 0 Å². The molecular formula is C17H17NO2S. The van der Waals surface area contributed by atoms with E-state index >= 15 is 0 Å². The number of aromatic nitrogens is 1. The molecular weight excluding hydrogens is 282 g/mol. The smallest absolute Gasteiger partial charge is 0.321 e. The molecule has 1 aromatic carbocycles. The van der Waals surface area contributed by atoms with Gasteiger partial charge < -0.3 is 4.18 Å². The molecule has 4 heteroatoms. The van der Waals surface area contributed by atoms with Crippen molar-refractivity contribution in [1.82, 2.24) is 4.98 Å². The van der Waals surface area contributed by atoms with Crippen LogP contribution in [-0.2, 0) is 8.98 Å². The lowest BCUT2D eigenvalue weighted by Gasteiger charge is -2.22.